The van der Waals surface area contributed by atoms with Crippen LogP contribution in [-0.4, -0.2) is 26.3 Å². The highest BCUT2D eigenvalue weighted by molar-refractivity contribution is 5.85. The van der Waals surface area contributed by atoms with E-state index in [9.17, 15) is 0 Å². The SMILES string of the molecule is CCCC(OC)C1CCNCC1.Cl. The fourth-order valence-electron chi connectivity index (χ4n) is 2.05. The molecule has 0 radical (unpaired) electrons. The number of halogens is 1. The maximum atomic E-state index is 5.50. The number of rotatable bonds is 4. The molecule has 1 aliphatic rings. The number of nitrogens with one attached hydrogen (secondary N) is 1. The molecule has 1 rings (SSSR count). The number of hydrogen-bond donors (Lipinski definition) is 1. The van der Waals surface area contributed by atoms with Gasteiger partial charge in [-0.25, -0.2) is 0 Å². The second kappa shape index (κ2) is 7.60. The molecule has 3 heteroatoms. The van der Waals surface area contributed by atoms with E-state index in [0.717, 1.165) is 5.92 Å². The van der Waals surface area contributed by atoms with Gasteiger partial charge in [0.2, 0.25) is 0 Å². The average molecular weight is 208 g/mol. The highest BCUT2D eigenvalue weighted by Crippen LogP contribution is 2.21. The van der Waals surface area contributed by atoms with Crippen LogP contribution in [0.25, 0.3) is 0 Å². The summed E-state index contributed by atoms with van der Waals surface area (Å²) < 4.78 is 5.50. The summed E-state index contributed by atoms with van der Waals surface area (Å²) in [6.45, 7) is 4.58. The standard InChI is InChI=1S/C10H21NO.ClH/c1-3-4-10(12-2)9-5-7-11-8-6-9;/h9-11H,3-8H2,1-2H3;1H. The monoisotopic (exact) mass is 207 g/mol. The Balaban J connectivity index is 0.00000144. The van der Waals surface area contributed by atoms with Gasteiger partial charge in [0, 0.05) is 7.11 Å². The molecule has 1 fully saturated rings. The molecule has 0 amide bonds. The number of piperidine rings is 1. The van der Waals surface area contributed by atoms with Gasteiger partial charge in [0.1, 0.15) is 0 Å². The molecule has 0 spiro atoms. The molecule has 2 nitrogen and oxygen atoms in total. The zero-order valence-electron chi connectivity index (χ0n) is 8.71. The van der Waals surface area contributed by atoms with E-state index >= 15 is 0 Å². The van der Waals surface area contributed by atoms with Crippen molar-refractivity contribution in [2.75, 3.05) is 20.2 Å². The lowest BCUT2D eigenvalue weighted by Crippen LogP contribution is -2.34. The van der Waals surface area contributed by atoms with Gasteiger partial charge in [0.15, 0.2) is 0 Å². The minimum Gasteiger partial charge on any atom is -0.381 e. The van der Waals surface area contributed by atoms with Crippen LogP contribution in [0.1, 0.15) is 32.6 Å². The topological polar surface area (TPSA) is 21.3 Å². The van der Waals surface area contributed by atoms with Crippen LogP contribution < -0.4 is 5.32 Å². The Kier molecular flexibility index (Phi) is 7.72. The Morgan fingerprint density at radius 2 is 2.00 bits per heavy atom. The summed E-state index contributed by atoms with van der Waals surface area (Å²) in [5.74, 6) is 0.802. The maximum absolute atomic E-state index is 5.50. The first kappa shape index (κ1) is 13.2. The van der Waals surface area contributed by atoms with Crippen molar-refractivity contribution in [3.05, 3.63) is 0 Å². The van der Waals surface area contributed by atoms with Gasteiger partial charge in [-0.05, 0) is 38.3 Å². The molecule has 1 heterocycles. The molecule has 1 atom stereocenters. The van der Waals surface area contributed by atoms with E-state index in [4.69, 9.17) is 4.74 Å². The molecule has 0 aliphatic carbocycles. The molecule has 1 saturated heterocycles. The smallest absolute Gasteiger partial charge is 0.0600 e. The van der Waals surface area contributed by atoms with Crippen LogP contribution in [0.4, 0.5) is 0 Å². The van der Waals surface area contributed by atoms with Crippen LogP contribution in [0.5, 0.6) is 0 Å². The first-order chi connectivity index (χ1) is 5.88. The van der Waals surface area contributed by atoms with Crippen LogP contribution >= 0.6 is 12.4 Å². The van der Waals surface area contributed by atoms with Crippen LogP contribution in [-0.2, 0) is 4.74 Å². The van der Waals surface area contributed by atoms with E-state index in [1.54, 1.807) is 0 Å². The van der Waals surface area contributed by atoms with Crippen LogP contribution in [0.3, 0.4) is 0 Å². The zero-order chi connectivity index (χ0) is 8.81. The molecule has 1 unspecified atom stereocenters. The van der Waals surface area contributed by atoms with Gasteiger partial charge in [-0.1, -0.05) is 13.3 Å². The normalized spacial score (nSPS) is 20.8. The largest absolute Gasteiger partial charge is 0.381 e. The fourth-order valence-corrected chi connectivity index (χ4v) is 2.05. The predicted molar refractivity (Wildman–Crippen MR) is 58.5 cm³/mol. The van der Waals surface area contributed by atoms with E-state index in [1.165, 1.54) is 38.8 Å². The summed E-state index contributed by atoms with van der Waals surface area (Å²) in [6, 6.07) is 0. The minimum atomic E-state index is 0. The summed E-state index contributed by atoms with van der Waals surface area (Å²) in [5, 5.41) is 3.38. The number of methoxy groups -OCH3 is 1. The summed E-state index contributed by atoms with van der Waals surface area (Å²) in [7, 11) is 1.85. The van der Waals surface area contributed by atoms with Gasteiger partial charge < -0.3 is 10.1 Å². The summed E-state index contributed by atoms with van der Waals surface area (Å²) in [5.41, 5.74) is 0. The van der Waals surface area contributed by atoms with Gasteiger partial charge in [0.25, 0.3) is 0 Å². The molecular formula is C10H22ClNO. The van der Waals surface area contributed by atoms with Crippen LogP contribution in [0.2, 0.25) is 0 Å². The molecule has 80 valence electrons. The van der Waals surface area contributed by atoms with Gasteiger partial charge >= 0.3 is 0 Å². The van der Waals surface area contributed by atoms with E-state index in [-0.39, 0.29) is 12.4 Å². The highest BCUT2D eigenvalue weighted by atomic mass is 35.5. The Morgan fingerprint density at radius 3 is 2.46 bits per heavy atom. The van der Waals surface area contributed by atoms with Crippen molar-refractivity contribution in [2.24, 2.45) is 5.92 Å². The van der Waals surface area contributed by atoms with Crippen molar-refractivity contribution >= 4 is 12.4 Å². The lowest BCUT2D eigenvalue weighted by molar-refractivity contribution is 0.0327. The molecule has 0 aromatic heterocycles. The van der Waals surface area contributed by atoms with Gasteiger partial charge in [-0.3, -0.25) is 0 Å². The van der Waals surface area contributed by atoms with E-state index in [0.29, 0.717) is 6.10 Å². The van der Waals surface area contributed by atoms with Gasteiger partial charge in [0.05, 0.1) is 6.10 Å². The van der Waals surface area contributed by atoms with Crippen molar-refractivity contribution in [3.8, 4) is 0 Å². The van der Waals surface area contributed by atoms with Crippen LogP contribution in [0, 0.1) is 5.92 Å². The van der Waals surface area contributed by atoms with Crippen molar-refractivity contribution < 1.29 is 4.74 Å². The maximum Gasteiger partial charge on any atom is 0.0600 e. The second-order valence-electron chi connectivity index (χ2n) is 3.65. The Hall–Kier alpha value is 0.210. The Bertz CT molecular complexity index is 113. The average Bonchev–Trinajstić information content (AvgIpc) is 2.15. The Morgan fingerprint density at radius 1 is 1.38 bits per heavy atom. The predicted octanol–water partition coefficient (Wildman–Crippen LogP) is 2.22. The van der Waals surface area contributed by atoms with Crippen molar-refractivity contribution in [3.63, 3.8) is 0 Å². The number of hydrogen-bond acceptors (Lipinski definition) is 2. The quantitative estimate of drug-likeness (QED) is 0.764. The first-order valence-electron chi connectivity index (χ1n) is 5.12. The molecular weight excluding hydrogens is 186 g/mol. The van der Waals surface area contributed by atoms with Crippen LogP contribution in [0.15, 0.2) is 0 Å². The van der Waals surface area contributed by atoms with Crippen molar-refractivity contribution in [2.45, 2.75) is 38.7 Å². The van der Waals surface area contributed by atoms with Crippen molar-refractivity contribution in [1.82, 2.24) is 5.32 Å². The van der Waals surface area contributed by atoms with E-state index < -0.39 is 0 Å². The second-order valence-corrected chi connectivity index (χ2v) is 3.65. The van der Waals surface area contributed by atoms with Crippen molar-refractivity contribution in [1.29, 1.82) is 0 Å². The molecule has 1 aliphatic heterocycles. The third-order valence-electron chi connectivity index (χ3n) is 2.79. The summed E-state index contributed by atoms with van der Waals surface area (Å²) >= 11 is 0. The molecule has 0 aromatic carbocycles. The molecule has 0 aromatic rings. The molecule has 0 saturated carbocycles. The molecule has 13 heavy (non-hydrogen) atoms. The highest BCUT2D eigenvalue weighted by Gasteiger charge is 2.21. The third-order valence-corrected chi connectivity index (χ3v) is 2.79. The Labute approximate surface area is 87.8 Å². The summed E-state index contributed by atoms with van der Waals surface area (Å²) in [4.78, 5) is 0. The van der Waals surface area contributed by atoms with Gasteiger partial charge in [-0.15, -0.1) is 12.4 Å². The third kappa shape index (κ3) is 4.30. The minimum absolute atomic E-state index is 0. The fraction of sp³-hybridized carbons (Fsp3) is 1.00. The zero-order valence-corrected chi connectivity index (χ0v) is 9.53. The molecule has 0 bridgehead atoms. The summed E-state index contributed by atoms with van der Waals surface area (Å²) in [6.07, 6.45) is 5.55. The lowest BCUT2D eigenvalue weighted by atomic mass is 9.90. The number of ether oxygens (including phenoxy) is 1. The van der Waals surface area contributed by atoms with E-state index in [2.05, 4.69) is 12.2 Å². The first-order valence-corrected chi connectivity index (χ1v) is 5.12. The van der Waals surface area contributed by atoms with Gasteiger partial charge in [-0.2, -0.15) is 0 Å². The molecule has 1 N–H and O–H groups in total. The van der Waals surface area contributed by atoms with E-state index in [1.807, 2.05) is 7.11 Å². The lowest BCUT2D eigenvalue weighted by Gasteiger charge is -2.29.